The van der Waals surface area contributed by atoms with E-state index < -0.39 is 0 Å². The largest absolute Gasteiger partial charge is 0.464 e. The molecule has 0 saturated heterocycles. The Balaban J connectivity index is 2.18. The van der Waals surface area contributed by atoms with Crippen LogP contribution < -0.4 is 5.32 Å². The molecule has 0 aromatic carbocycles. The zero-order chi connectivity index (χ0) is 13.5. The lowest BCUT2D eigenvalue weighted by Gasteiger charge is -2.12. The summed E-state index contributed by atoms with van der Waals surface area (Å²) in [6, 6.07) is 5.76. The van der Waals surface area contributed by atoms with Crippen molar-refractivity contribution in [3.63, 3.8) is 0 Å². The van der Waals surface area contributed by atoms with Gasteiger partial charge in [-0.25, -0.2) is 9.78 Å². The molecule has 5 heteroatoms. The van der Waals surface area contributed by atoms with Gasteiger partial charge in [-0.05, 0) is 32.0 Å². The van der Waals surface area contributed by atoms with E-state index in [-0.39, 0.29) is 11.4 Å². The zero-order valence-corrected chi connectivity index (χ0v) is 11.1. The van der Waals surface area contributed by atoms with Crippen molar-refractivity contribution in [3.05, 3.63) is 35.9 Å². The van der Waals surface area contributed by atoms with Crippen LogP contribution in [0.4, 0.5) is 0 Å². The van der Waals surface area contributed by atoms with E-state index >= 15 is 0 Å². The predicted octanol–water partition coefficient (Wildman–Crippen LogP) is 1.37. The Morgan fingerprint density at radius 3 is 2.95 bits per heavy atom. The molecule has 3 rings (SSSR count). The lowest BCUT2D eigenvalue weighted by Crippen LogP contribution is -2.25. The van der Waals surface area contributed by atoms with Crippen molar-refractivity contribution in [2.24, 2.45) is 0 Å². The number of nitrogens with zero attached hydrogens (tertiary/aromatic N) is 2. The number of rotatable bonds is 4. The van der Waals surface area contributed by atoms with Crippen molar-refractivity contribution in [3.8, 4) is 0 Å². The van der Waals surface area contributed by atoms with E-state index in [2.05, 4.69) is 10.3 Å². The number of aromatic nitrogens is 2. The summed E-state index contributed by atoms with van der Waals surface area (Å²) in [5, 5.41) is 3.22. The number of likely N-dealkylation sites (N-methyl/N-ethyl adjacent to an activating group) is 1. The Morgan fingerprint density at radius 2 is 2.32 bits per heavy atom. The second kappa shape index (κ2) is 4.35. The first-order chi connectivity index (χ1) is 9.22. The van der Waals surface area contributed by atoms with E-state index in [9.17, 15) is 4.79 Å². The molecule has 1 saturated carbocycles. The molecule has 2 heterocycles. The summed E-state index contributed by atoms with van der Waals surface area (Å²) in [6.45, 7) is 0.877. The molecule has 0 bridgehead atoms. The second-order valence-corrected chi connectivity index (χ2v) is 5.04. The van der Waals surface area contributed by atoms with Crippen LogP contribution >= 0.6 is 0 Å². The number of esters is 1. The van der Waals surface area contributed by atoms with Gasteiger partial charge in [-0.2, -0.15) is 0 Å². The van der Waals surface area contributed by atoms with Gasteiger partial charge in [0.1, 0.15) is 5.82 Å². The number of ether oxygens (including phenoxy) is 1. The highest BCUT2D eigenvalue weighted by molar-refractivity contribution is 5.95. The molecule has 0 amide bonds. The summed E-state index contributed by atoms with van der Waals surface area (Å²) in [7, 11) is 3.33. The van der Waals surface area contributed by atoms with Crippen LogP contribution in [0.2, 0.25) is 0 Å². The molecule has 5 nitrogen and oxygen atoms in total. The number of fused-ring (bicyclic) bond motifs is 1. The lowest BCUT2D eigenvalue weighted by atomic mass is 10.1. The SMILES string of the molecule is CNCC1(c2nc(C(=O)OC)c3ccccn23)CC1. The smallest absolute Gasteiger partial charge is 0.358 e. The van der Waals surface area contributed by atoms with E-state index in [1.165, 1.54) is 7.11 Å². The maximum Gasteiger partial charge on any atom is 0.358 e. The Hall–Kier alpha value is -1.88. The van der Waals surface area contributed by atoms with Crippen LogP contribution in [0.5, 0.6) is 0 Å². The van der Waals surface area contributed by atoms with Crippen molar-refractivity contribution in [2.45, 2.75) is 18.3 Å². The molecule has 2 aromatic rings. The maximum atomic E-state index is 11.8. The number of imidazole rings is 1. The fourth-order valence-electron chi connectivity index (χ4n) is 2.63. The van der Waals surface area contributed by atoms with Gasteiger partial charge in [0.2, 0.25) is 0 Å². The minimum Gasteiger partial charge on any atom is -0.464 e. The van der Waals surface area contributed by atoms with Crippen LogP contribution in [0.3, 0.4) is 0 Å². The first-order valence-electron chi connectivity index (χ1n) is 6.42. The molecule has 0 radical (unpaired) electrons. The van der Waals surface area contributed by atoms with Crippen LogP contribution in [0.25, 0.3) is 5.52 Å². The highest BCUT2D eigenvalue weighted by atomic mass is 16.5. The standard InChI is InChI=1S/C14H17N3O2/c1-15-9-14(6-7-14)13-16-11(12(18)19-2)10-5-3-4-8-17(10)13/h3-5,8,15H,6-7,9H2,1-2H3. The molecule has 0 unspecified atom stereocenters. The molecule has 1 N–H and O–H groups in total. The topological polar surface area (TPSA) is 55.6 Å². The van der Waals surface area contributed by atoms with E-state index in [1.807, 2.05) is 35.8 Å². The highest BCUT2D eigenvalue weighted by Gasteiger charge is 2.47. The van der Waals surface area contributed by atoms with E-state index in [0.29, 0.717) is 5.69 Å². The molecular weight excluding hydrogens is 242 g/mol. The van der Waals surface area contributed by atoms with Gasteiger partial charge in [0.15, 0.2) is 5.69 Å². The van der Waals surface area contributed by atoms with Gasteiger partial charge in [0, 0.05) is 18.2 Å². The number of carbonyl (C=O) groups excluding carboxylic acids is 1. The van der Waals surface area contributed by atoms with Crippen LogP contribution in [0.15, 0.2) is 24.4 Å². The summed E-state index contributed by atoms with van der Waals surface area (Å²) < 4.78 is 6.83. The monoisotopic (exact) mass is 259 g/mol. The molecule has 100 valence electrons. The molecular formula is C14H17N3O2. The van der Waals surface area contributed by atoms with Crippen molar-refractivity contribution in [1.82, 2.24) is 14.7 Å². The predicted molar refractivity (Wildman–Crippen MR) is 71.4 cm³/mol. The van der Waals surface area contributed by atoms with Gasteiger partial charge in [-0.3, -0.25) is 0 Å². The molecule has 0 aliphatic heterocycles. The number of methoxy groups -OCH3 is 1. The summed E-state index contributed by atoms with van der Waals surface area (Å²) in [5.41, 5.74) is 1.28. The first-order valence-corrected chi connectivity index (χ1v) is 6.42. The third kappa shape index (κ3) is 1.81. The number of pyridine rings is 1. The van der Waals surface area contributed by atoms with Gasteiger partial charge >= 0.3 is 5.97 Å². The number of carbonyl (C=O) groups is 1. The molecule has 0 atom stereocenters. The highest BCUT2D eigenvalue weighted by Crippen LogP contribution is 2.47. The van der Waals surface area contributed by atoms with E-state index in [0.717, 1.165) is 30.7 Å². The number of hydrogen-bond acceptors (Lipinski definition) is 4. The number of hydrogen-bond donors (Lipinski definition) is 1. The van der Waals surface area contributed by atoms with Crippen molar-refractivity contribution < 1.29 is 9.53 Å². The van der Waals surface area contributed by atoms with E-state index in [1.54, 1.807) is 0 Å². The van der Waals surface area contributed by atoms with Crippen LogP contribution in [0, 0.1) is 0 Å². The fraction of sp³-hybridized carbons (Fsp3) is 0.429. The van der Waals surface area contributed by atoms with Gasteiger partial charge in [0.05, 0.1) is 12.6 Å². The van der Waals surface area contributed by atoms with Gasteiger partial charge in [-0.15, -0.1) is 0 Å². The molecule has 1 fully saturated rings. The minimum absolute atomic E-state index is 0.0608. The zero-order valence-electron chi connectivity index (χ0n) is 11.1. The molecule has 19 heavy (non-hydrogen) atoms. The van der Waals surface area contributed by atoms with Gasteiger partial charge in [0.25, 0.3) is 0 Å². The van der Waals surface area contributed by atoms with Crippen molar-refractivity contribution in [2.75, 3.05) is 20.7 Å². The van der Waals surface area contributed by atoms with Crippen molar-refractivity contribution >= 4 is 11.5 Å². The Labute approximate surface area is 111 Å². The summed E-state index contributed by atoms with van der Waals surface area (Å²) in [6.07, 6.45) is 4.16. The minimum atomic E-state index is -0.379. The van der Waals surface area contributed by atoms with Crippen LogP contribution in [0.1, 0.15) is 29.2 Å². The quantitative estimate of drug-likeness (QED) is 0.843. The summed E-state index contributed by atoms with van der Waals surface area (Å²) >= 11 is 0. The first kappa shape index (κ1) is 12.2. The normalized spacial score (nSPS) is 16.5. The Kier molecular flexibility index (Phi) is 2.78. The molecule has 0 spiro atoms. The third-order valence-electron chi connectivity index (χ3n) is 3.77. The number of nitrogens with one attached hydrogen (secondary N) is 1. The molecule has 2 aromatic heterocycles. The van der Waals surface area contributed by atoms with Crippen molar-refractivity contribution in [1.29, 1.82) is 0 Å². The van der Waals surface area contributed by atoms with Gasteiger partial charge in [-0.1, -0.05) is 6.07 Å². The maximum absolute atomic E-state index is 11.8. The molecule has 1 aliphatic carbocycles. The fourth-order valence-corrected chi connectivity index (χ4v) is 2.63. The summed E-state index contributed by atoms with van der Waals surface area (Å²) in [5.74, 6) is 0.577. The Morgan fingerprint density at radius 1 is 1.53 bits per heavy atom. The van der Waals surface area contributed by atoms with Crippen LogP contribution in [-0.2, 0) is 10.2 Å². The Bertz CT molecular complexity index is 629. The summed E-state index contributed by atoms with van der Waals surface area (Å²) in [4.78, 5) is 16.4. The second-order valence-electron chi connectivity index (χ2n) is 5.04. The lowest BCUT2D eigenvalue weighted by molar-refractivity contribution is 0.0596. The average molecular weight is 259 g/mol. The van der Waals surface area contributed by atoms with Crippen LogP contribution in [-0.4, -0.2) is 36.1 Å². The van der Waals surface area contributed by atoms with E-state index in [4.69, 9.17) is 4.74 Å². The van der Waals surface area contributed by atoms with Gasteiger partial charge < -0.3 is 14.5 Å². The average Bonchev–Trinajstić information content (AvgIpc) is 3.11. The molecule has 1 aliphatic rings. The third-order valence-corrected chi connectivity index (χ3v) is 3.77.